The second kappa shape index (κ2) is 10.9. The third-order valence-corrected chi connectivity index (χ3v) is 6.61. The number of amides is 1. The number of hydrogen-bond acceptors (Lipinski definition) is 6. The molecule has 1 aliphatic heterocycles. The molecule has 0 spiro atoms. The van der Waals surface area contributed by atoms with Gasteiger partial charge in [-0.15, -0.1) is 0 Å². The Morgan fingerprint density at radius 1 is 1.17 bits per heavy atom. The SMILES string of the molecule is CCN1CCN(c2ccc(Nc3cc(Cc4c(F)cccc4Cl)cnc3C(N)=O)c(OC)c2)CC1. The van der Waals surface area contributed by atoms with Crippen molar-refractivity contribution in [1.82, 2.24) is 9.88 Å². The van der Waals surface area contributed by atoms with Gasteiger partial charge in [0, 0.05) is 61.1 Å². The number of ether oxygens (including phenoxy) is 1. The van der Waals surface area contributed by atoms with Crippen LogP contribution < -0.4 is 20.7 Å². The molecule has 1 aromatic heterocycles. The Balaban J connectivity index is 1.61. The van der Waals surface area contributed by atoms with Crippen LogP contribution in [-0.4, -0.2) is 55.6 Å². The van der Waals surface area contributed by atoms with E-state index in [9.17, 15) is 9.18 Å². The smallest absolute Gasteiger partial charge is 0.269 e. The molecule has 35 heavy (non-hydrogen) atoms. The molecule has 1 aliphatic rings. The van der Waals surface area contributed by atoms with Gasteiger partial charge in [0.15, 0.2) is 5.69 Å². The number of hydrogen-bond donors (Lipinski definition) is 2. The zero-order valence-electron chi connectivity index (χ0n) is 19.9. The van der Waals surface area contributed by atoms with Gasteiger partial charge >= 0.3 is 0 Å². The van der Waals surface area contributed by atoms with Crippen LogP contribution in [0.5, 0.6) is 5.75 Å². The second-order valence-corrected chi connectivity index (χ2v) is 8.82. The third kappa shape index (κ3) is 5.66. The van der Waals surface area contributed by atoms with Gasteiger partial charge in [0.2, 0.25) is 0 Å². The highest BCUT2D eigenvalue weighted by molar-refractivity contribution is 6.31. The van der Waals surface area contributed by atoms with Gasteiger partial charge in [0.25, 0.3) is 5.91 Å². The Labute approximate surface area is 209 Å². The molecule has 7 nitrogen and oxygen atoms in total. The molecule has 0 bridgehead atoms. The van der Waals surface area contributed by atoms with Crippen molar-refractivity contribution in [3.05, 3.63) is 76.3 Å². The Bertz CT molecular complexity index is 1190. The van der Waals surface area contributed by atoms with Crippen LogP contribution in [0.25, 0.3) is 0 Å². The zero-order chi connectivity index (χ0) is 24.9. The van der Waals surface area contributed by atoms with E-state index in [4.69, 9.17) is 22.1 Å². The molecule has 1 amide bonds. The van der Waals surface area contributed by atoms with Crippen LogP contribution in [0, 0.1) is 5.82 Å². The lowest BCUT2D eigenvalue weighted by Gasteiger charge is -2.35. The molecule has 2 aromatic carbocycles. The fraction of sp³-hybridized carbons (Fsp3) is 0.308. The Morgan fingerprint density at radius 2 is 1.94 bits per heavy atom. The maximum atomic E-state index is 14.3. The quantitative estimate of drug-likeness (QED) is 0.478. The van der Waals surface area contributed by atoms with E-state index in [2.05, 4.69) is 27.0 Å². The van der Waals surface area contributed by atoms with E-state index < -0.39 is 11.7 Å². The summed E-state index contributed by atoms with van der Waals surface area (Å²) in [7, 11) is 1.60. The van der Waals surface area contributed by atoms with Gasteiger partial charge in [-0.05, 0) is 42.4 Å². The molecule has 0 unspecified atom stereocenters. The summed E-state index contributed by atoms with van der Waals surface area (Å²) in [6, 6.07) is 12.2. The second-order valence-electron chi connectivity index (χ2n) is 8.41. The van der Waals surface area contributed by atoms with Crippen molar-refractivity contribution in [2.24, 2.45) is 5.73 Å². The van der Waals surface area contributed by atoms with Crippen LogP contribution in [-0.2, 0) is 6.42 Å². The van der Waals surface area contributed by atoms with Crippen LogP contribution in [0.2, 0.25) is 5.02 Å². The molecular formula is C26H29ClFN5O2. The summed E-state index contributed by atoms with van der Waals surface area (Å²) in [5.41, 5.74) is 8.82. The number of methoxy groups -OCH3 is 1. The number of aromatic nitrogens is 1. The number of anilines is 3. The van der Waals surface area contributed by atoms with E-state index in [1.165, 1.54) is 12.3 Å². The third-order valence-electron chi connectivity index (χ3n) is 6.26. The number of likely N-dealkylation sites (N-methyl/N-ethyl adjacent to an activating group) is 1. The van der Waals surface area contributed by atoms with E-state index >= 15 is 0 Å². The number of nitrogens with one attached hydrogen (secondary N) is 1. The van der Waals surface area contributed by atoms with Gasteiger partial charge in [0.05, 0.1) is 18.5 Å². The molecule has 184 valence electrons. The van der Waals surface area contributed by atoms with Gasteiger partial charge in [-0.2, -0.15) is 0 Å². The molecule has 3 aromatic rings. The summed E-state index contributed by atoms with van der Waals surface area (Å²) in [6.45, 7) is 7.16. The lowest BCUT2D eigenvalue weighted by Crippen LogP contribution is -2.46. The molecule has 1 fully saturated rings. The summed E-state index contributed by atoms with van der Waals surface area (Å²) in [4.78, 5) is 21.0. The summed E-state index contributed by atoms with van der Waals surface area (Å²) < 4.78 is 20.0. The van der Waals surface area contributed by atoms with E-state index in [0.29, 0.717) is 33.3 Å². The normalized spacial score (nSPS) is 14.1. The van der Waals surface area contributed by atoms with Crippen molar-refractivity contribution in [1.29, 1.82) is 0 Å². The fourth-order valence-corrected chi connectivity index (χ4v) is 4.48. The van der Waals surface area contributed by atoms with Gasteiger partial charge in [-0.3, -0.25) is 4.79 Å². The van der Waals surface area contributed by atoms with Gasteiger partial charge in [-0.25, -0.2) is 9.37 Å². The summed E-state index contributed by atoms with van der Waals surface area (Å²) in [5.74, 6) is -0.450. The summed E-state index contributed by atoms with van der Waals surface area (Å²) in [6.07, 6.45) is 1.72. The number of nitrogens with two attached hydrogens (primary N) is 1. The predicted octanol–water partition coefficient (Wildman–Crippen LogP) is 4.46. The monoisotopic (exact) mass is 497 g/mol. The van der Waals surface area contributed by atoms with Crippen molar-refractivity contribution >= 4 is 34.6 Å². The summed E-state index contributed by atoms with van der Waals surface area (Å²) >= 11 is 6.19. The molecule has 3 N–H and O–H groups in total. The standard InChI is InChI=1S/C26H29ClFN5O2/c1-3-32-9-11-33(12-10-32)18-7-8-22(24(15-18)35-2)31-23-14-17(16-30-25(23)26(29)34)13-19-20(27)5-4-6-21(19)28/h4-8,14-16,31H,3,9-13H2,1-2H3,(H2,29,34). The van der Waals surface area contributed by atoms with E-state index in [1.807, 2.05) is 18.2 Å². The first-order valence-corrected chi connectivity index (χ1v) is 11.9. The fourth-order valence-electron chi connectivity index (χ4n) is 4.25. The van der Waals surface area contributed by atoms with Crippen molar-refractivity contribution in [2.75, 3.05) is 50.1 Å². The molecule has 0 atom stereocenters. The first-order chi connectivity index (χ1) is 16.9. The van der Waals surface area contributed by atoms with Crippen LogP contribution in [0.1, 0.15) is 28.5 Å². The zero-order valence-corrected chi connectivity index (χ0v) is 20.6. The van der Waals surface area contributed by atoms with Crippen molar-refractivity contribution in [2.45, 2.75) is 13.3 Å². The Hall–Kier alpha value is -3.36. The van der Waals surface area contributed by atoms with Crippen LogP contribution in [0.3, 0.4) is 0 Å². The lowest BCUT2D eigenvalue weighted by molar-refractivity contribution is 0.0996. The average molecular weight is 498 g/mol. The maximum Gasteiger partial charge on any atom is 0.269 e. The molecule has 1 saturated heterocycles. The van der Waals surface area contributed by atoms with Crippen LogP contribution in [0.4, 0.5) is 21.5 Å². The Kier molecular flexibility index (Phi) is 7.73. The van der Waals surface area contributed by atoms with Crippen molar-refractivity contribution in [3.8, 4) is 5.75 Å². The minimum Gasteiger partial charge on any atom is -0.494 e. The van der Waals surface area contributed by atoms with Gasteiger partial charge in [0.1, 0.15) is 11.6 Å². The molecule has 0 radical (unpaired) electrons. The van der Waals surface area contributed by atoms with E-state index in [1.54, 1.807) is 25.3 Å². The highest BCUT2D eigenvalue weighted by Crippen LogP contribution is 2.34. The molecule has 0 saturated carbocycles. The molecule has 4 rings (SSSR count). The summed E-state index contributed by atoms with van der Waals surface area (Å²) in [5, 5.41) is 3.56. The predicted molar refractivity (Wildman–Crippen MR) is 138 cm³/mol. The van der Waals surface area contributed by atoms with E-state index in [0.717, 1.165) is 38.4 Å². The molecule has 9 heteroatoms. The number of nitrogens with zero attached hydrogens (tertiary/aromatic N) is 3. The molecule has 0 aliphatic carbocycles. The van der Waals surface area contributed by atoms with Crippen LogP contribution in [0.15, 0.2) is 48.7 Å². The molecule has 2 heterocycles. The number of primary amides is 1. The van der Waals surface area contributed by atoms with E-state index in [-0.39, 0.29) is 12.1 Å². The highest BCUT2D eigenvalue weighted by Gasteiger charge is 2.19. The number of halogens is 2. The topological polar surface area (TPSA) is 83.7 Å². The number of benzene rings is 2. The number of rotatable bonds is 8. The van der Waals surface area contributed by atoms with Crippen LogP contribution >= 0.6 is 11.6 Å². The van der Waals surface area contributed by atoms with Gasteiger partial charge < -0.3 is 25.6 Å². The highest BCUT2D eigenvalue weighted by atomic mass is 35.5. The number of piperazine rings is 1. The van der Waals surface area contributed by atoms with Gasteiger partial charge in [-0.1, -0.05) is 24.6 Å². The molecular weight excluding hydrogens is 469 g/mol. The largest absolute Gasteiger partial charge is 0.494 e. The lowest BCUT2D eigenvalue weighted by atomic mass is 10.0. The first-order valence-electron chi connectivity index (χ1n) is 11.5. The van der Waals surface area contributed by atoms with Crippen molar-refractivity contribution < 1.29 is 13.9 Å². The first kappa shape index (κ1) is 24.8. The van der Waals surface area contributed by atoms with Crippen molar-refractivity contribution in [3.63, 3.8) is 0 Å². The maximum absolute atomic E-state index is 14.3. The number of carbonyl (C=O) groups is 1. The number of pyridine rings is 1. The number of carbonyl (C=O) groups excluding carboxylic acids is 1. The minimum atomic E-state index is -0.674. The average Bonchev–Trinajstić information content (AvgIpc) is 2.86. The Morgan fingerprint density at radius 3 is 2.60 bits per heavy atom. The minimum absolute atomic E-state index is 0.0789.